The zero-order valence-corrected chi connectivity index (χ0v) is 26.6. The maximum atomic E-state index is 14.2. The van der Waals surface area contributed by atoms with Crippen molar-refractivity contribution in [3.63, 3.8) is 0 Å². The second-order valence-electron chi connectivity index (χ2n) is 10.4. The first-order valence-electron chi connectivity index (χ1n) is 13.9. The van der Waals surface area contributed by atoms with Crippen molar-refractivity contribution in [3.05, 3.63) is 92.9 Å². The minimum Gasteiger partial charge on any atom is -0.352 e. The lowest BCUT2D eigenvalue weighted by molar-refractivity contribution is -0.140. The highest BCUT2D eigenvalue weighted by Gasteiger charge is 2.35. The number of nitrogens with one attached hydrogen (secondary N) is 1. The molecule has 0 aromatic heterocycles. The average Bonchev–Trinajstić information content (AvgIpc) is 3.47. The van der Waals surface area contributed by atoms with Crippen LogP contribution in [-0.2, 0) is 26.2 Å². The third kappa shape index (κ3) is 7.59. The maximum Gasteiger partial charge on any atom is 0.264 e. The van der Waals surface area contributed by atoms with E-state index in [9.17, 15) is 18.0 Å². The van der Waals surface area contributed by atoms with Gasteiger partial charge in [-0.15, -0.1) is 0 Å². The van der Waals surface area contributed by atoms with Gasteiger partial charge in [-0.1, -0.05) is 78.3 Å². The van der Waals surface area contributed by atoms with E-state index in [1.54, 1.807) is 42.5 Å². The van der Waals surface area contributed by atoms with Crippen LogP contribution in [0.3, 0.4) is 0 Å². The Morgan fingerprint density at radius 2 is 1.52 bits per heavy atom. The molecule has 1 saturated carbocycles. The number of anilines is 1. The normalized spacial score (nSPS) is 14.4. The summed E-state index contributed by atoms with van der Waals surface area (Å²) in [6, 6.07) is 16.8. The van der Waals surface area contributed by atoms with Crippen molar-refractivity contribution in [2.45, 2.75) is 69.5 Å². The number of nitrogens with zero attached hydrogens (tertiary/aromatic N) is 2. The summed E-state index contributed by atoms with van der Waals surface area (Å²) < 4.78 is 29.0. The molecule has 0 bridgehead atoms. The topological polar surface area (TPSA) is 86.8 Å². The molecule has 0 spiro atoms. The van der Waals surface area contributed by atoms with Crippen molar-refractivity contribution >= 4 is 62.3 Å². The third-order valence-corrected chi connectivity index (χ3v) is 10.2. The molecule has 11 heteroatoms. The molecule has 42 heavy (non-hydrogen) atoms. The molecule has 0 saturated heterocycles. The number of sulfonamides is 1. The van der Waals surface area contributed by atoms with Crippen LogP contribution in [-0.4, -0.2) is 43.8 Å². The molecule has 0 unspecified atom stereocenters. The molecule has 224 valence electrons. The maximum absolute atomic E-state index is 14.2. The van der Waals surface area contributed by atoms with Crippen LogP contribution in [0.2, 0.25) is 15.1 Å². The van der Waals surface area contributed by atoms with Gasteiger partial charge in [0.05, 0.1) is 10.6 Å². The van der Waals surface area contributed by atoms with Crippen LogP contribution < -0.4 is 9.62 Å². The van der Waals surface area contributed by atoms with E-state index in [1.165, 1.54) is 29.2 Å². The summed E-state index contributed by atoms with van der Waals surface area (Å²) in [5, 5.41) is 4.16. The number of carbonyl (C=O) groups is 2. The Bertz CT molecular complexity index is 1490. The molecular weight excluding hydrogens is 617 g/mol. The zero-order chi connectivity index (χ0) is 30.4. The van der Waals surface area contributed by atoms with Gasteiger partial charge >= 0.3 is 0 Å². The molecule has 1 fully saturated rings. The number of amides is 2. The van der Waals surface area contributed by atoms with Crippen LogP contribution in [0.25, 0.3) is 0 Å². The Labute approximate surface area is 262 Å². The van der Waals surface area contributed by atoms with Gasteiger partial charge in [-0.3, -0.25) is 13.9 Å². The van der Waals surface area contributed by atoms with Crippen molar-refractivity contribution in [2.24, 2.45) is 0 Å². The number of benzene rings is 3. The lowest BCUT2D eigenvalue weighted by Crippen LogP contribution is -2.53. The Balaban J connectivity index is 1.74. The number of halogens is 3. The standard InChI is InChI=1S/C31H34Cl3N3O4S/c1-3-29(31(39)35-23-7-4-5-8-23)36(19-26-27(33)9-6-10-28(26)34)30(38)20-37(24-15-11-21(2)12-16-24)42(40,41)25-17-13-22(32)14-18-25/h6,9-18,23,29H,3-5,7-8,19-20H2,1-2H3,(H,35,39)/t29-/m0/s1. The third-order valence-electron chi connectivity index (χ3n) is 7.48. The first kappa shape index (κ1) is 32.1. The van der Waals surface area contributed by atoms with Crippen molar-refractivity contribution in [2.75, 3.05) is 10.8 Å². The molecule has 7 nitrogen and oxygen atoms in total. The van der Waals surface area contributed by atoms with Gasteiger partial charge < -0.3 is 10.2 Å². The summed E-state index contributed by atoms with van der Waals surface area (Å²) >= 11 is 19.0. The predicted octanol–water partition coefficient (Wildman–Crippen LogP) is 7.02. The molecule has 0 radical (unpaired) electrons. The Kier molecular flexibility index (Phi) is 10.8. The Morgan fingerprint density at radius 1 is 0.929 bits per heavy atom. The second-order valence-corrected chi connectivity index (χ2v) is 13.6. The fourth-order valence-electron chi connectivity index (χ4n) is 5.11. The van der Waals surface area contributed by atoms with E-state index in [4.69, 9.17) is 34.8 Å². The van der Waals surface area contributed by atoms with E-state index in [-0.39, 0.29) is 23.4 Å². The quantitative estimate of drug-likeness (QED) is 0.242. The molecule has 1 atom stereocenters. The summed E-state index contributed by atoms with van der Waals surface area (Å²) in [7, 11) is -4.20. The lowest BCUT2D eigenvalue weighted by atomic mass is 10.1. The fourth-order valence-corrected chi connectivity index (χ4v) is 7.17. The van der Waals surface area contributed by atoms with Gasteiger partial charge in [-0.05, 0) is 74.7 Å². The van der Waals surface area contributed by atoms with Crippen LogP contribution in [0.15, 0.2) is 71.6 Å². The summed E-state index contributed by atoms with van der Waals surface area (Å²) in [4.78, 5) is 29.2. The molecule has 1 N–H and O–H groups in total. The molecule has 0 aliphatic heterocycles. The van der Waals surface area contributed by atoms with Gasteiger partial charge in [0, 0.05) is 33.2 Å². The van der Waals surface area contributed by atoms with Crippen molar-refractivity contribution in [3.8, 4) is 0 Å². The number of hydrogen-bond acceptors (Lipinski definition) is 4. The highest BCUT2D eigenvalue weighted by molar-refractivity contribution is 7.92. The first-order chi connectivity index (χ1) is 20.0. The fraction of sp³-hybridized carbons (Fsp3) is 0.355. The second kappa shape index (κ2) is 14.1. The smallest absolute Gasteiger partial charge is 0.264 e. The van der Waals surface area contributed by atoms with Crippen LogP contribution in [0.4, 0.5) is 5.69 Å². The van der Waals surface area contributed by atoms with Crippen LogP contribution in [0.5, 0.6) is 0 Å². The van der Waals surface area contributed by atoms with Crippen molar-refractivity contribution in [1.82, 2.24) is 10.2 Å². The molecule has 0 heterocycles. The van der Waals surface area contributed by atoms with Crippen LogP contribution in [0, 0.1) is 6.92 Å². The van der Waals surface area contributed by atoms with Crippen molar-refractivity contribution in [1.29, 1.82) is 0 Å². The molecule has 3 aromatic rings. The first-order valence-corrected chi connectivity index (χ1v) is 16.5. The molecule has 3 aromatic carbocycles. The van der Waals surface area contributed by atoms with Gasteiger partial charge in [0.1, 0.15) is 12.6 Å². The molecule has 1 aliphatic rings. The van der Waals surface area contributed by atoms with Crippen LogP contribution in [0.1, 0.15) is 50.2 Å². The largest absolute Gasteiger partial charge is 0.352 e. The van der Waals surface area contributed by atoms with E-state index >= 15 is 0 Å². The zero-order valence-electron chi connectivity index (χ0n) is 23.5. The van der Waals surface area contributed by atoms with E-state index in [0.717, 1.165) is 35.6 Å². The minimum atomic E-state index is -4.20. The number of rotatable bonds is 11. The summed E-state index contributed by atoms with van der Waals surface area (Å²) in [6.45, 7) is 3.08. The SMILES string of the molecule is CC[C@@H](C(=O)NC1CCCC1)N(Cc1c(Cl)cccc1Cl)C(=O)CN(c1ccc(C)cc1)S(=O)(=O)c1ccc(Cl)cc1. The van der Waals surface area contributed by atoms with E-state index in [1.807, 2.05) is 13.8 Å². The molecule has 4 rings (SSSR count). The monoisotopic (exact) mass is 649 g/mol. The summed E-state index contributed by atoms with van der Waals surface area (Å²) in [5.41, 5.74) is 1.71. The van der Waals surface area contributed by atoms with Gasteiger partial charge in [-0.2, -0.15) is 0 Å². The predicted molar refractivity (Wildman–Crippen MR) is 169 cm³/mol. The molecule has 2 amide bonds. The highest BCUT2D eigenvalue weighted by atomic mass is 35.5. The van der Waals surface area contributed by atoms with Crippen LogP contribution >= 0.6 is 34.8 Å². The van der Waals surface area contributed by atoms with Crippen molar-refractivity contribution < 1.29 is 18.0 Å². The number of aryl methyl sites for hydroxylation is 1. The molecular formula is C31H34Cl3N3O4S. The highest BCUT2D eigenvalue weighted by Crippen LogP contribution is 2.29. The summed E-state index contributed by atoms with van der Waals surface area (Å²) in [6.07, 6.45) is 4.14. The van der Waals surface area contributed by atoms with E-state index in [2.05, 4.69) is 5.32 Å². The number of hydrogen-bond donors (Lipinski definition) is 1. The van der Waals surface area contributed by atoms with Gasteiger partial charge in [0.2, 0.25) is 11.8 Å². The lowest BCUT2D eigenvalue weighted by Gasteiger charge is -2.34. The van der Waals surface area contributed by atoms with E-state index < -0.39 is 28.5 Å². The number of carbonyl (C=O) groups excluding carboxylic acids is 2. The van der Waals surface area contributed by atoms with E-state index in [0.29, 0.717) is 32.7 Å². The van der Waals surface area contributed by atoms with Gasteiger partial charge in [-0.25, -0.2) is 8.42 Å². The molecule has 1 aliphatic carbocycles. The Hall–Kier alpha value is -2.78. The van der Waals surface area contributed by atoms with Gasteiger partial charge in [0.15, 0.2) is 0 Å². The summed E-state index contributed by atoms with van der Waals surface area (Å²) in [5.74, 6) is -0.860. The van der Waals surface area contributed by atoms with Gasteiger partial charge in [0.25, 0.3) is 10.0 Å². The Morgan fingerprint density at radius 3 is 2.10 bits per heavy atom. The minimum absolute atomic E-state index is 0.0213. The average molecular weight is 651 g/mol.